The summed E-state index contributed by atoms with van der Waals surface area (Å²) >= 11 is 0. The molecular weight excluding hydrogens is 567 g/mol. The van der Waals surface area contributed by atoms with Crippen molar-refractivity contribution in [2.75, 3.05) is 4.90 Å². The molecule has 0 bridgehead atoms. The van der Waals surface area contributed by atoms with Gasteiger partial charge in [-0.1, -0.05) is 170 Å². The number of nitrogens with zero attached hydrogens (tertiary/aromatic N) is 1. The van der Waals surface area contributed by atoms with E-state index in [1.54, 1.807) is 0 Å². The maximum absolute atomic E-state index is 2.42. The highest BCUT2D eigenvalue weighted by molar-refractivity contribution is 5.98. The van der Waals surface area contributed by atoms with Gasteiger partial charge < -0.3 is 4.90 Å². The van der Waals surface area contributed by atoms with Crippen molar-refractivity contribution in [1.29, 1.82) is 0 Å². The Hall–Kier alpha value is -6.18. The summed E-state index contributed by atoms with van der Waals surface area (Å²) in [7, 11) is 0. The van der Waals surface area contributed by atoms with Gasteiger partial charge in [-0.2, -0.15) is 0 Å². The first kappa shape index (κ1) is 28.3. The van der Waals surface area contributed by atoms with Crippen LogP contribution in [0.25, 0.3) is 55.3 Å². The van der Waals surface area contributed by atoms with Crippen molar-refractivity contribution in [1.82, 2.24) is 0 Å². The first-order valence-electron chi connectivity index (χ1n) is 16.1. The quantitative estimate of drug-likeness (QED) is 0.176. The molecule has 8 rings (SSSR count). The van der Waals surface area contributed by atoms with Gasteiger partial charge in [-0.3, -0.25) is 0 Å². The first-order valence-corrected chi connectivity index (χ1v) is 16.1. The van der Waals surface area contributed by atoms with E-state index >= 15 is 0 Å². The fourth-order valence-corrected chi connectivity index (χ4v) is 6.64. The largest absolute Gasteiger partial charge is 0.309 e. The molecule has 0 saturated heterocycles. The summed E-state index contributed by atoms with van der Waals surface area (Å²) in [5.74, 6) is 0. The van der Waals surface area contributed by atoms with E-state index < -0.39 is 0 Å². The number of hydrogen-bond donors (Lipinski definition) is 0. The van der Waals surface area contributed by atoms with E-state index in [2.05, 4.69) is 205 Å². The molecule has 0 N–H and O–H groups in total. The molecule has 0 aliphatic heterocycles. The predicted molar refractivity (Wildman–Crippen MR) is 200 cm³/mol. The second kappa shape index (κ2) is 12.7. The van der Waals surface area contributed by atoms with Crippen LogP contribution < -0.4 is 4.90 Å². The summed E-state index contributed by atoms with van der Waals surface area (Å²) in [5.41, 5.74) is 12.9. The molecule has 0 aliphatic carbocycles. The van der Waals surface area contributed by atoms with Gasteiger partial charge in [-0.25, -0.2) is 0 Å². The molecule has 0 saturated carbocycles. The average Bonchev–Trinajstić information content (AvgIpc) is 3.16. The number of anilines is 3. The Balaban J connectivity index is 1.30. The fourth-order valence-electron chi connectivity index (χ4n) is 6.64. The van der Waals surface area contributed by atoms with Crippen LogP contribution in [0.5, 0.6) is 0 Å². The lowest BCUT2D eigenvalue weighted by Crippen LogP contribution is -2.12. The normalized spacial score (nSPS) is 11.0. The highest BCUT2D eigenvalue weighted by Gasteiger charge is 2.20. The Labute approximate surface area is 276 Å². The van der Waals surface area contributed by atoms with E-state index in [4.69, 9.17) is 0 Å². The van der Waals surface area contributed by atoms with Gasteiger partial charge in [0.25, 0.3) is 0 Å². The number of rotatable bonds is 7. The lowest BCUT2D eigenvalue weighted by Gasteiger charge is -2.30. The van der Waals surface area contributed by atoms with Crippen LogP contribution in [0.15, 0.2) is 200 Å². The number of fused-ring (bicyclic) bond motifs is 1. The minimum Gasteiger partial charge on any atom is -0.309 e. The second-order valence-corrected chi connectivity index (χ2v) is 11.8. The Morgan fingerprint density at radius 2 is 0.723 bits per heavy atom. The smallest absolute Gasteiger partial charge is 0.0540 e. The van der Waals surface area contributed by atoms with Crippen LogP contribution in [-0.4, -0.2) is 0 Å². The van der Waals surface area contributed by atoms with Crippen molar-refractivity contribution < 1.29 is 0 Å². The third-order valence-corrected chi connectivity index (χ3v) is 8.86. The standard InChI is InChI=1S/C46H33N/c1-3-16-35(17-4-1)43-27-9-11-30-45(43)47(46-31-12-10-28-44(46)36-18-5-2-6-19-36)40-25-14-23-38(33-40)37-22-13-24-39(32-37)42-29-15-21-34-20-7-8-26-41(34)42/h1-33H. The zero-order valence-corrected chi connectivity index (χ0v) is 26.0. The molecule has 47 heavy (non-hydrogen) atoms. The molecule has 0 aromatic heterocycles. The average molecular weight is 600 g/mol. The Morgan fingerprint density at radius 3 is 1.40 bits per heavy atom. The van der Waals surface area contributed by atoms with Crippen LogP contribution in [0.3, 0.4) is 0 Å². The van der Waals surface area contributed by atoms with Gasteiger partial charge in [0.1, 0.15) is 0 Å². The maximum Gasteiger partial charge on any atom is 0.0540 e. The molecule has 0 radical (unpaired) electrons. The summed E-state index contributed by atoms with van der Waals surface area (Å²) in [6.07, 6.45) is 0. The van der Waals surface area contributed by atoms with Gasteiger partial charge in [-0.05, 0) is 74.5 Å². The lowest BCUT2D eigenvalue weighted by molar-refractivity contribution is 1.28. The van der Waals surface area contributed by atoms with Crippen molar-refractivity contribution in [3.05, 3.63) is 200 Å². The summed E-state index contributed by atoms with van der Waals surface area (Å²) in [6.45, 7) is 0. The predicted octanol–water partition coefficient (Wildman–Crippen LogP) is 13.0. The van der Waals surface area contributed by atoms with Gasteiger partial charge >= 0.3 is 0 Å². The van der Waals surface area contributed by atoms with E-state index in [9.17, 15) is 0 Å². The molecule has 1 nitrogen and oxygen atoms in total. The molecule has 0 aliphatic rings. The minimum absolute atomic E-state index is 1.10. The summed E-state index contributed by atoms with van der Waals surface area (Å²) in [5, 5.41) is 2.52. The minimum atomic E-state index is 1.10. The van der Waals surface area contributed by atoms with Gasteiger partial charge in [-0.15, -0.1) is 0 Å². The third-order valence-electron chi connectivity index (χ3n) is 8.86. The SMILES string of the molecule is c1ccc(-c2ccccc2N(c2cccc(-c3cccc(-c4cccc5ccccc45)c3)c2)c2ccccc2-c2ccccc2)cc1. The second-order valence-electron chi connectivity index (χ2n) is 11.8. The highest BCUT2D eigenvalue weighted by atomic mass is 15.1. The molecular formula is C46H33N. The van der Waals surface area contributed by atoms with Crippen LogP contribution in [0.4, 0.5) is 17.1 Å². The molecule has 1 heteroatoms. The van der Waals surface area contributed by atoms with E-state index in [-0.39, 0.29) is 0 Å². The molecule has 0 amide bonds. The van der Waals surface area contributed by atoms with Gasteiger partial charge in [0, 0.05) is 16.8 Å². The van der Waals surface area contributed by atoms with E-state index in [1.165, 1.54) is 55.3 Å². The first-order chi connectivity index (χ1) is 23.3. The zero-order chi connectivity index (χ0) is 31.4. The Bertz CT molecular complexity index is 2210. The number of benzene rings is 8. The van der Waals surface area contributed by atoms with E-state index in [0.29, 0.717) is 0 Å². The molecule has 8 aromatic rings. The number of para-hydroxylation sites is 2. The van der Waals surface area contributed by atoms with Crippen LogP contribution in [-0.2, 0) is 0 Å². The Kier molecular flexibility index (Phi) is 7.63. The monoisotopic (exact) mass is 599 g/mol. The molecule has 0 unspecified atom stereocenters. The molecule has 0 heterocycles. The molecule has 8 aromatic carbocycles. The van der Waals surface area contributed by atoms with Crippen molar-refractivity contribution in [3.8, 4) is 44.5 Å². The molecule has 0 fully saturated rings. The van der Waals surface area contributed by atoms with Crippen molar-refractivity contribution >= 4 is 27.8 Å². The van der Waals surface area contributed by atoms with Crippen molar-refractivity contribution in [2.24, 2.45) is 0 Å². The topological polar surface area (TPSA) is 3.24 Å². The van der Waals surface area contributed by atoms with Crippen molar-refractivity contribution in [3.63, 3.8) is 0 Å². The van der Waals surface area contributed by atoms with Crippen LogP contribution in [0, 0.1) is 0 Å². The van der Waals surface area contributed by atoms with E-state index in [1.807, 2.05) is 0 Å². The van der Waals surface area contributed by atoms with Gasteiger partial charge in [0.15, 0.2) is 0 Å². The Morgan fingerprint density at radius 1 is 0.277 bits per heavy atom. The fraction of sp³-hybridized carbons (Fsp3) is 0. The van der Waals surface area contributed by atoms with Crippen LogP contribution in [0.1, 0.15) is 0 Å². The zero-order valence-electron chi connectivity index (χ0n) is 26.0. The molecule has 0 atom stereocenters. The lowest BCUT2D eigenvalue weighted by atomic mass is 9.95. The van der Waals surface area contributed by atoms with Gasteiger partial charge in [0.2, 0.25) is 0 Å². The molecule has 222 valence electrons. The van der Waals surface area contributed by atoms with E-state index in [0.717, 1.165) is 17.1 Å². The van der Waals surface area contributed by atoms with Crippen LogP contribution in [0.2, 0.25) is 0 Å². The maximum atomic E-state index is 2.42. The van der Waals surface area contributed by atoms with Crippen LogP contribution >= 0.6 is 0 Å². The summed E-state index contributed by atoms with van der Waals surface area (Å²) in [4.78, 5) is 2.42. The third kappa shape index (κ3) is 5.60. The molecule has 0 spiro atoms. The number of hydrogen-bond acceptors (Lipinski definition) is 1. The summed E-state index contributed by atoms with van der Waals surface area (Å²) in [6, 6.07) is 71.8. The summed E-state index contributed by atoms with van der Waals surface area (Å²) < 4.78 is 0. The van der Waals surface area contributed by atoms with Gasteiger partial charge in [0.05, 0.1) is 11.4 Å². The van der Waals surface area contributed by atoms with Crippen molar-refractivity contribution in [2.45, 2.75) is 0 Å². The highest BCUT2D eigenvalue weighted by Crippen LogP contribution is 2.45.